The Morgan fingerprint density at radius 2 is 2.11 bits per heavy atom. The van der Waals surface area contributed by atoms with E-state index < -0.39 is 10.0 Å². The lowest BCUT2D eigenvalue weighted by Crippen LogP contribution is -2.28. The van der Waals surface area contributed by atoms with Crippen molar-refractivity contribution in [3.63, 3.8) is 0 Å². The van der Waals surface area contributed by atoms with Crippen LogP contribution in [0.15, 0.2) is 16.3 Å². The van der Waals surface area contributed by atoms with Gasteiger partial charge in [-0.15, -0.1) is 11.3 Å². The maximum Gasteiger partial charge on any atom is 0.241 e. The topological polar surface area (TPSA) is 58.2 Å². The number of nitrogens with one attached hydrogen (secondary N) is 2. The summed E-state index contributed by atoms with van der Waals surface area (Å²) in [5, 5.41) is 5.14. The van der Waals surface area contributed by atoms with Crippen molar-refractivity contribution in [2.75, 3.05) is 0 Å². The van der Waals surface area contributed by atoms with Crippen molar-refractivity contribution in [2.24, 2.45) is 5.41 Å². The van der Waals surface area contributed by atoms with Crippen molar-refractivity contribution in [2.45, 2.75) is 56.6 Å². The summed E-state index contributed by atoms with van der Waals surface area (Å²) in [7, 11) is -3.34. The third-order valence-electron chi connectivity index (χ3n) is 3.89. The number of thiophene rings is 1. The molecule has 19 heavy (non-hydrogen) atoms. The van der Waals surface area contributed by atoms with Crippen molar-refractivity contribution in [3.8, 4) is 0 Å². The molecule has 1 heterocycles. The van der Waals surface area contributed by atoms with E-state index in [0.29, 0.717) is 10.9 Å². The fourth-order valence-electron chi connectivity index (χ4n) is 2.05. The van der Waals surface area contributed by atoms with Crippen LogP contribution in [0.2, 0.25) is 0 Å². The van der Waals surface area contributed by atoms with Crippen molar-refractivity contribution >= 4 is 21.4 Å². The van der Waals surface area contributed by atoms with Crippen molar-refractivity contribution in [1.82, 2.24) is 10.0 Å². The van der Waals surface area contributed by atoms with Crippen LogP contribution in [0.4, 0.5) is 0 Å². The minimum absolute atomic E-state index is 0.0884. The van der Waals surface area contributed by atoms with E-state index in [2.05, 4.69) is 23.9 Å². The second-order valence-electron chi connectivity index (χ2n) is 6.27. The molecule has 0 aliphatic heterocycles. The van der Waals surface area contributed by atoms with E-state index in [4.69, 9.17) is 0 Å². The molecule has 2 fully saturated rings. The van der Waals surface area contributed by atoms with Gasteiger partial charge >= 0.3 is 0 Å². The molecule has 2 aliphatic carbocycles. The highest BCUT2D eigenvalue weighted by Gasteiger charge is 2.47. The average molecular weight is 300 g/mol. The maximum atomic E-state index is 12.2. The molecule has 4 nitrogen and oxygen atoms in total. The summed E-state index contributed by atoms with van der Waals surface area (Å²) in [5.74, 6) is 0. The first-order valence-corrected chi connectivity index (χ1v) is 9.06. The van der Waals surface area contributed by atoms with Crippen molar-refractivity contribution < 1.29 is 8.42 Å². The van der Waals surface area contributed by atoms with Gasteiger partial charge in [-0.25, -0.2) is 13.1 Å². The van der Waals surface area contributed by atoms with Crippen LogP contribution in [0.1, 0.15) is 38.0 Å². The lowest BCUT2D eigenvalue weighted by molar-refractivity contribution is 0.555. The van der Waals surface area contributed by atoms with Crippen LogP contribution >= 0.6 is 11.3 Å². The summed E-state index contributed by atoms with van der Waals surface area (Å²) in [6, 6.07) is 2.52. The van der Waals surface area contributed by atoms with Gasteiger partial charge in [0.15, 0.2) is 0 Å². The molecular formula is C13H20N2O2S2. The van der Waals surface area contributed by atoms with Gasteiger partial charge in [0.2, 0.25) is 10.0 Å². The summed E-state index contributed by atoms with van der Waals surface area (Å²) < 4.78 is 27.2. The van der Waals surface area contributed by atoms with Gasteiger partial charge in [0.25, 0.3) is 0 Å². The van der Waals surface area contributed by atoms with Gasteiger partial charge in [-0.3, -0.25) is 0 Å². The van der Waals surface area contributed by atoms with Crippen molar-refractivity contribution in [3.05, 3.63) is 16.3 Å². The minimum Gasteiger partial charge on any atom is -0.309 e. The molecule has 6 heteroatoms. The third-order valence-corrected chi connectivity index (χ3v) is 6.43. The Balaban J connectivity index is 1.63. The van der Waals surface area contributed by atoms with E-state index in [9.17, 15) is 8.42 Å². The Bertz CT molecular complexity index is 573. The summed E-state index contributed by atoms with van der Waals surface area (Å²) in [4.78, 5) is 1.50. The van der Waals surface area contributed by atoms with Crippen LogP contribution in [0.5, 0.6) is 0 Å². The Morgan fingerprint density at radius 1 is 1.42 bits per heavy atom. The second-order valence-corrected chi connectivity index (χ2v) is 8.98. The fourth-order valence-corrected chi connectivity index (χ4v) is 4.68. The van der Waals surface area contributed by atoms with Gasteiger partial charge < -0.3 is 5.32 Å². The number of hydrogen-bond donors (Lipinski definition) is 2. The van der Waals surface area contributed by atoms with Gasteiger partial charge in [-0.2, -0.15) is 0 Å². The highest BCUT2D eigenvalue weighted by Crippen LogP contribution is 2.45. The van der Waals surface area contributed by atoms with Gasteiger partial charge in [-0.1, -0.05) is 13.8 Å². The Kier molecular flexibility index (Phi) is 3.24. The molecule has 0 bridgehead atoms. The number of hydrogen-bond acceptors (Lipinski definition) is 4. The monoisotopic (exact) mass is 300 g/mol. The van der Waals surface area contributed by atoms with Gasteiger partial charge in [0.05, 0.1) is 4.90 Å². The predicted molar refractivity (Wildman–Crippen MR) is 76.7 cm³/mol. The second kappa shape index (κ2) is 4.55. The quantitative estimate of drug-likeness (QED) is 0.845. The molecule has 3 rings (SSSR count). The normalized spacial score (nSPS) is 25.5. The van der Waals surface area contributed by atoms with E-state index in [0.717, 1.165) is 17.8 Å². The highest BCUT2D eigenvalue weighted by molar-refractivity contribution is 7.89. The SMILES string of the molecule is CC1(C)CC1NS(=O)(=O)c1csc(CNC2CC2)c1. The van der Waals surface area contributed by atoms with Crippen molar-refractivity contribution in [1.29, 1.82) is 0 Å². The molecule has 1 atom stereocenters. The molecule has 0 amide bonds. The third kappa shape index (κ3) is 3.18. The van der Waals surface area contributed by atoms with E-state index in [1.165, 1.54) is 24.2 Å². The molecule has 0 radical (unpaired) electrons. The average Bonchev–Trinajstić information content (AvgIpc) is 3.16. The molecule has 1 unspecified atom stereocenters. The van der Waals surface area contributed by atoms with Crippen LogP contribution in [0.3, 0.4) is 0 Å². The molecule has 2 saturated carbocycles. The van der Waals surface area contributed by atoms with Crippen LogP contribution in [-0.4, -0.2) is 20.5 Å². The lowest BCUT2D eigenvalue weighted by atomic mass is 10.2. The standard InChI is InChI=1S/C13H20N2O2S2/c1-13(2)6-12(13)15-19(16,17)11-5-10(18-8-11)7-14-9-3-4-9/h5,8-9,12,14-15H,3-4,6-7H2,1-2H3. The molecule has 2 aliphatic rings. The number of rotatable bonds is 6. The molecule has 106 valence electrons. The van der Waals surface area contributed by atoms with Crippen LogP contribution in [0.25, 0.3) is 0 Å². The van der Waals surface area contributed by atoms with E-state index in [1.54, 1.807) is 11.4 Å². The summed E-state index contributed by atoms with van der Waals surface area (Å²) in [5.41, 5.74) is 0.111. The van der Waals surface area contributed by atoms with Gasteiger partial charge in [0.1, 0.15) is 0 Å². The van der Waals surface area contributed by atoms with Gasteiger partial charge in [-0.05, 0) is 30.7 Å². The zero-order valence-electron chi connectivity index (χ0n) is 11.3. The zero-order chi connectivity index (χ0) is 13.7. The first-order valence-electron chi connectivity index (χ1n) is 6.70. The van der Waals surface area contributed by atoms with Gasteiger partial charge in [0, 0.05) is 28.9 Å². The molecule has 2 N–H and O–H groups in total. The lowest BCUT2D eigenvalue weighted by Gasteiger charge is -2.06. The summed E-state index contributed by atoms with van der Waals surface area (Å²) in [6.45, 7) is 4.94. The largest absolute Gasteiger partial charge is 0.309 e. The highest BCUT2D eigenvalue weighted by atomic mass is 32.2. The molecule has 0 saturated heterocycles. The summed E-state index contributed by atoms with van der Waals surface area (Å²) >= 11 is 1.51. The first-order chi connectivity index (χ1) is 8.87. The zero-order valence-corrected chi connectivity index (χ0v) is 12.9. The molecule has 0 spiro atoms. The van der Waals surface area contributed by atoms with E-state index >= 15 is 0 Å². The molecule has 1 aromatic rings. The minimum atomic E-state index is -3.34. The fraction of sp³-hybridized carbons (Fsp3) is 0.692. The smallest absolute Gasteiger partial charge is 0.241 e. The Labute approximate surface area is 118 Å². The Hall–Kier alpha value is -0.430. The van der Waals surface area contributed by atoms with Crippen LogP contribution in [-0.2, 0) is 16.6 Å². The van der Waals surface area contributed by atoms with E-state index in [-0.39, 0.29) is 11.5 Å². The Morgan fingerprint density at radius 3 is 2.68 bits per heavy atom. The maximum absolute atomic E-state index is 12.2. The van der Waals surface area contributed by atoms with Crippen LogP contribution in [0, 0.1) is 5.41 Å². The van der Waals surface area contributed by atoms with E-state index in [1.807, 2.05) is 0 Å². The predicted octanol–water partition coefficient (Wildman–Crippen LogP) is 2.08. The molecular weight excluding hydrogens is 280 g/mol. The first kappa shape index (κ1) is 13.5. The molecule has 1 aromatic heterocycles. The van der Waals surface area contributed by atoms with Crippen LogP contribution < -0.4 is 10.0 Å². The number of sulfonamides is 1. The molecule has 0 aromatic carbocycles. The summed E-state index contributed by atoms with van der Waals surface area (Å²) in [6.07, 6.45) is 3.41.